The van der Waals surface area contributed by atoms with Crippen molar-refractivity contribution in [2.24, 2.45) is 5.92 Å². The molecule has 2 rings (SSSR count). The van der Waals surface area contributed by atoms with Crippen molar-refractivity contribution >= 4 is 18.3 Å². The molecule has 19 heavy (non-hydrogen) atoms. The highest BCUT2D eigenvalue weighted by molar-refractivity contribution is 5.85. The van der Waals surface area contributed by atoms with Crippen molar-refractivity contribution in [3.63, 3.8) is 0 Å². The predicted molar refractivity (Wildman–Crippen MR) is 80.6 cm³/mol. The number of carbonyl (C=O) groups excluding carboxylic acids is 1. The van der Waals surface area contributed by atoms with Gasteiger partial charge in [0.25, 0.3) is 0 Å². The van der Waals surface area contributed by atoms with E-state index in [0.29, 0.717) is 0 Å². The molecule has 0 saturated heterocycles. The molecule has 106 valence electrons. The molecule has 0 aromatic heterocycles. The smallest absolute Gasteiger partial charge is 0.226 e. The van der Waals surface area contributed by atoms with E-state index >= 15 is 0 Å². The number of amides is 1. The van der Waals surface area contributed by atoms with Crippen LogP contribution in [0.4, 0.5) is 0 Å². The number of fused-ring (bicyclic) bond motifs is 1. The standard InChI is InChI=1S/C15H22N2O.ClH/c1-11(10-16-2)15(18)17(3)14-9-8-12-6-4-5-7-13(12)14;/h4-7,11,14,16H,8-10H2,1-3H3;1H. The summed E-state index contributed by atoms with van der Waals surface area (Å²) in [6, 6.07) is 8.72. The lowest BCUT2D eigenvalue weighted by Crippen LogP contribution is -2.37. The van der Waals surface area contributed by atoms with Crippen LogP contribution in [0.5, 0.6) is 0 Å². The van der Waals surface area contributed by atoms with Gasteiger partial charge in [-0.25, -0.2) is 0 Å². The van der Waals surface area contributed by atoms with Crippen LogP contribution in [0.1, 0.15) is 30.5 Å². The van der Waals surface area contributed by atoms with Gasteiger partial charge in [-0.05, 0) is 31.0 Å². The first-order valence-electron chi connectivity index (χ1n) is 6.64. The van der Waals surface area contributed by atoms with Crippen molar-refractivity contribution in [3.8, 4) is 0 Å². The zero-order valence-electron chi connectivity index (χ0n) is 11.8. The van der Waals surface area contributed by atoms with E-state index in [1.807, 2.05) is 25.9 Å². The van der Waals surface area contributed by atoms with Crippen LogP contribution in [0.15, 0.2) is 24.3 Å². The average molecular weight is 283 g/mol. The molecule has 1 aliphatic carbocycles. The Kier molecular flexibility index (Phi) is 5.83. The van der Waals surface area contributed by atoms with Crippen molar-refractivity contribution in [1.82, 2.24) is 10.2 Å². The molecule has 0 aliphatic heterocycles. The minimum absolute atomic E-state index is 0. The summed E-state index contributed by atoms with van der Waals surface area (Å²) in [5.74, 6) is 0.263. The molecular formula is C15H23ClN2O. The lowest BCUT2D eigenvalue weighted by molar-refractivity contribution is -0.135. The molecule has 0 heterocycles. The molecule has 0 bridgehead atoms. The fourth-order valence-corrected chi connectivity index (χ4v) is 2.83. The normalized spacial score (nSPS) is 18.4. The summed E-state index contributed by atoms with van der Waals surface area (Å²) >= 11 is 0. The molecule has 1 amide bonds. The van der Waals surface area contributed by atoms with Crippen LogP contribution in [0.2, 0.25) is 0 Å². The minimum atomic E-state index is 0. The largest absolute Gasteiger partial charge is 0.338 e. The van der Waals surface area contributed by atoms with E-state index in [9.17, 15) is 4.79 Å². The number of aryl methyl sites for hydroxylation is 1. The number of rotatable bonds is 4. The Bertz CT molecular complexity index is 436. The van der Waals surface area contributed by atoms with Crippen molar-refractivity contribution in [2.45, 2.75) is 25.8 Å². The topological polar surface area (TPSA) is 32.3 Å². The van der Waals surface area contributed by atoms with Gasteiger partial charge in [-0.3, -0.25) is 4.79 Å². The molecule has 2 atom stereocenters. The molecule has 0 fully saturated rings. The Morgan fingerprint density at radius 1 is 1.47 bits per heavy atom. The van der Waals surface area contributed by atoms with Crippen molar-refractivity contribution in [1.29, 1.82) is 0 Å². The molecule has 0 radical (unpaired) electrons. The van der Waals surface area contributed by atoms with Gasteiger partial charge in [0.2, 0.25) is 5.91 Å². The van der Waals surface area contributed by atoms with E-state index in [0.717, 1.165) is 19.4 Å². The van der Waals surface area contributed by atoms with Crippen LogP contribution in [-0.4, -0.2) is 31.4 Å². The summed E-state index contributed by atoms with van der Waals surface area (Å²) in [4.78, 5) is 14.2. The lowest BCUT2D eigenvalue weighted by atomic mass is 10.0. The molecule has 1 N–H and O–H groups in total. The van der Waals surface area contributed by atoms with Gasteiger partial charge in [0.15, 0.2) is 0 Å². The number of halogens is 1. The van der Waals surface area contributed by atoms with Crippen LogP contribution in [0, 0.1) is 5.92 Å². The van der Waals surface area contributed by atoms with Gasteiger partial charge < -0.3 is 10.2 Å². The van der Waals surface area contributed by atoms with Gasteiger partial charge >= 0.3 is 0 Å². The Labute approximate surface area is 121 Å². The van der Waals surface area contributed by atoms with E-state index in [2.05, 4.69) is 29.6 Å². The highest BCUT2D eigenvalue weighted by atomic mass is 35.5. The SMILES string of the molecule is CNCC(C)C(=O)N(C)C1CCc2ccccc21.Cl. The first-order chi connectivity index (χ1) is 8.65. The summed E-state index contributed by atoms with van der Waals surface area (Å²) in [6.07, 6.45) is 2.13. The lowest BCUT2D eigenvalue weighted by Gasteiger charge is -2.28. The van der Waals surface area contributed by atoms with Crippen molar-refractivity contribution < 1.29 is 4.79 Å². The van der Waals surface area contributed by atoms with E-state index in [1.165, 1.54) is 11.1 Å². The number of hydrogen-bond acceptors (Lipinski definition) is 2. The summed E-state index contributed by atoms with van der Waals surface area (Å²) in [6.45, 7) is 2.72. The third kappa shape index (κ3) is 3.28. The number of hydrogen-bond donors (Lipinski definition) is 1. The van der Waals surface area contributed by atoms with Crippen LogP contribution in [-0.2, 0) is 11.2 Å². The van der Waals surface area contributed by atoms with Crippen molar-refractivity contribution in [2.75, 3.05) is 20.6 Å². The van der Waals surface area contributed by atoms with Crippen LogP contribution < -0.4 is 5.32 Å². The zero-order valence-corrected chi connectivity index (χ0v) is 12.7. The maximum Gasteiger partial charge on any atom is 0.226 e. The van der Waals surface area contributed by atoms with Gasteiger partial charge in [0.05, 0.1) is 6.04 Å². The van der Waals surface area contributed by atoms with Gasteiger partial charge in [0, 0.05) is 19.5 Å². The molecule has 0 spiro atoms. The highest BCUT2D eigenvalue weighted by Gasteiger charge is 2.29. The highest BCUT2D eigenvalue weighted by Crippen LogP contribution is 2.35. The molecule has 1 aliphatic rings. The second kappa shape index (κ2) is 6.92. The first-order valence-corrected chi connectivity index (χ1v) is 6.64. The summed E-state index contributed by atoms with van der Waals surface area (Å²) < 4.78 is 0. The average Bonchev–Trinajstić information content (AvgIpc) is 2.81. The molecule has 1 aromatic rings. The molecule has 0 saturated carbocycles. The maximum absolute atomic E-state index is 12.3. The predicted octanol–water partition coefficient (Wildman–Crippen LogP) is 2.41. The van der Waals surface area contributed by atoms with Crippen LogP contribution in [0.3, 0.4) is 0 Å². The van der Waals surface area contributed by atoms with Gasteiger partial charge in [-0.15, -0.1) is 12.4 Å². The third-order valence-corrected chi connectivity index (χ3v) is 3.85. The second-order valence-electron chi connectivity index (χ2n) is 5.16. The number of benzene rings is 1. The second-order valence-corrected chi connectivity index (χ2v) is 5.16. The summed E-state index contributed by atoms with van der Waals surface area (Å²) in [5, 5.41) is 3.07. The van der Waals surface area contributed by atoms with E-state index in [-0.39, 0.29) is 30.3 Å². The third-order valence-electron chi connectivity index (χ3n) is 3.85. The van der Waals surface area contributed by atoms with Crippen molar-refractivity contribution in [3.05, 3.63) is 35.4 Å². The molecule has 4 heteroatoms. The maximum atomic E-state index is 12.3. The summed E-state index contributed by atoms with van der Waals surface area (Å²) in [7, 11) is 3.82. The van der Waals surface area contributed by atoms with E-state index in [4.69, 9.17) is 0 Å². The quantitative estimate of drug-likeness (QED) is 0.920. The zero-order chi connectivity index (χ0) is 13.1. The Balaban J connectivity index is 0.00000180. The Hall–Kier alpha value is -1.06. The monoisotopic (exact) mass is 282 g/mol. The van der Waals surface area contributed by atoms with Crippen LogP contribution in [0.25, 0.3) is 0 Å². The van der Waals surface area contributed by atoms with Gasteiger partial charge in [0.1, 0.15) is 0 Å². The number of carbonyl (C=O) groups is 1. The number of nitrogens with one attached hydrogen (secondary N) is 1. The fraction of sp³-hybridized carbons (Fsp3) is 0.533. The first kappa shape index (κ1) is 16.0. The molecule has 2 unspecified atom stereocenters. The molecule has 3 nitrogen and oxygen atoms in total. The van der Waals surface area contributed by atoms with Crippen LogP contribution >= 0.6 is 12.4 Å². The van der Waals surface area contributed by atoms with E-state index < -0.39 is 0 Å². The van der Waals surface area contributed by atoms with Gasteiger partial charge in [-0.2, -0.15) is 0 Å². The fourth-order valence-electron chi connectivity index (χ4n) is 2.83. The number of nitrogens with zero attached hydrogens (tertiary/aromatic N) is 1. The minimum Gasteiger partial charge on any atom is -0.338 e. The Morgan fingerprint density at radius 2 is 2.16 bits per heavy atom. The van der Waals surface area contributed by atoms with Gasteiger partial charge in [-0.1, -0.05) is 31.2 Å². The molecule has 1 aromatic carbocycles. The molecular weight excluding hydrogens is 260 g/mol. The Morgan fingerprint density at radius 3 is 2.84 bits per heavy atom. The van der Waals surface area contributed by atoms with E-state index in [1.54, 1.807) is 0 Å². The summed E-state index contributed by atoms with van der Waals surface area (Å²) in [5.41, 5.74) is 2.72.